The lowest BCUT2D eigenvalue weighted by atomic mass is 10.1. The first-order valence-corrected chi connectivity index (χ1v) is 6.18. The molecule has 0 aliphatic carbocycles. The molecule has 3 N–H and O–H groups in total. The Morgan fingerprint density at radius 3 is 3.00 bits per heavy atom. The van der Waals surface area contributed by atoms with Crippen LogP contribution in [-0.2, 0) is 4.79 Å². The molecular weight excluding hydrogens is 208 g/mol. The summed E-state index contributed by atoms with van der Waals surface area (Å²) >= 11 is 1.68. The van der Waals surface area contributed by atoms with Gasteiger partial charge in [0.2, 0.25) is 5.91 Å². The van der Waals surface area contributed by atoms with Crippen molar-refractivity contribution in [3.05, 3.63) is 22.4 Å². The Morgan fingerprint density at radius 1 is 1.67 bits per heavy atom. The Labute approximate surface area is 94.7 Å². The minimum absolute atomic E-state index is 0.0979. The molecule has 1 atom stereocenters. The molecule has 15 heavy (non-hydrogen) atoms. The van der Waals surface area contributed by atoms with Gasteiger partial charge >= 0.3 is 0 Å². The summed E-state index contributed by atoms with van der Waals surface area (Å²) in [5.41, 5.74) is 5.36. The minimum atomic E-state index is 0.0979. The Bertz CT molecular complexity index is 285. The van der Waals surface area contributed by atoms with Gasteiger partial charge in [-0.05, 0) is 30.8 Å². The zero-order valence-electron chi connectivity index (χ0n) is 9.03. The number of nitrogens with two attached hydrogens (primary N) is 1. The van der Waals surface area contributed by atoms with E-state index in [0.29, 0.717) is 13.0 Å². The van der Waals surface area contributed by atoms with Crippen molar-refractivity contribution in [2.75, 3.05) is 6.54 Å². The molecule has 84 valence electrons. The summed E-state index contributed by atoms with van der Waals surface area (Å²) in [7, 11) is 0. The summed E-state index contributed by atoms with van der Waals surface area (Å²) in [5, 5.41) is 5.05. The van der Waals surface area contributed by atoms with Crippen molar-refractivity contribution in [3.63, 3.8) is 0 Å². The maximum Gasteiger partial charge on any atom is 0.220 e. The van der Waals surface area contributed by atoms with Crippen molar-refractivity contribution in [3.8, 4) is 0 Å². The fourth-order valence-corrected chi connectivity index (χ4v) is 2.25. The van der Waals surface area contributed by atoms with E-state index in [1.165, 1.54) is 4.88 Å². The minimum Gasteiger partial charge on any atom is -0.348 e. The molecule has 0 aliphatic heterocycles. The van der Waals surface area contributed by atoms with Gasteiger partial charge in [-0.3, -0.25) is 4.79 Å². The van der Waals surface area contributed by atoms with Crippen LogP contribution >= 0.6 is 11.3 Å². The van der Waals surface area contributed by atoms with Crippen molar-refractivity contribution < 1.29 is 4.79 Å². The summed E-state index contributed by atoms with van der Waals surface area (Å²) in [5.74, 6) is 0.0979. The van der Waals surface area contributed by atoms with E-state index in [-0.39, 0.29) is 11.9 Å². The van der Waals surface area contributed by atoms with Crippen molar-refractivity contribution in [1.29, 1.82) is 0 Å². The third kappa shape index (κ3) is 4.01. The molecule has 0 radical (unpaired) electrons. The lowest BCUT2D eigenvalue weighted by molar-refractivity contribution is -0.121. The molecule has 0 spiro atoms. The second-order valence-electron chi connectivity index (χ2n) is 3.44. The summed E-state index contributed by atoms with van der Waals surface area (Å²) in [6.45, 7) is 2.65. The van der Waals surface area contributed by atoms with E-state index in [1.54, 1.807) is 11.3 Å². The molecule has 0 aliphatic rings. The zero-order valence-corrected chi connectivity index (χ0v) is 9.85. The number of carbonyl (C=O) groups is 1. The second-order valence-corrected chi connectivity index (χ2v) is 4.42. The SMILES string of the molecule is CCC(NC(=O)CCCN)c1cccs1. The smallest absolute Gasteiger partial charge is 0.220 e. The van der Waals surface area contributed by atoms with Crippen molar-refractivity contribution in [2.45, 2.75) is 32.2 Å². The molecule has 1 unspecified atom stereocenters. The number of rotatable bonds is 6. The summed E-state index contributed by atoms with van der Waals surface area (Å²) in [4.78, 5) is 12.7. The first-order chi connectivity index (χ1) is 7.27. The van der Waals surface area contributed by atoms with Gasteiger partial charge in [-0.1, -0.05) is 13.0 Å². The van der Waals surface area contributed by atoms with Crippen LogP contribution in [0.2, 0.25) is 0 Å². The first-order valence-electron chi connectivity index (χ1n) is 5.30. The van der Waals surface area contributed by atoms with E-state index in [9.17, 15) is 4.79 Å². The van der Waals surface area contributed by atoms with Crippen LogP contribution in [0, 0.1) is 0 Å². The highest BCUT2D eigenvalue weighted by molar-refractivity contribution is 7.10. The molecule has 1 amide bonds. The molecule has 0 fully saturated rings. The molecule has 4 heteroatoms. The van der Waals surface area contributed by atoms with Gasteiger partial charge < -0.3 is 11.1 Å². The predicted octanol–water partition coefficient (Wildman–Crippen LogP) is 2.05. The summed E-state index contributed by atoms with van der Waals surface area (Å²) in [6, 6.07) is 4.23. The largest absolute Gasteiger partial charge is 0.348 e. The molecule has 1 rings (SSSR count). The average molecular weight is 226 g/mol. The van der Waals surface area contributed by atoms with Gasteiger partial charge in [0.15, 0.2) is 0 Å². The normalized spacial score (nSPS) is 12.4. The van der Waals surface area contributed by atoms with Crippen LogP contribution in [0.4, 0.5) is 0 Å². The zero-order chi connectivity index (χ0) is 11.1. The molecule has 1 aromatic heterocycles. The van der Waals surface area contributed by atoms with Crippen LogP contribution < -0.4 is 11.1 Å². The standard InChI is InChI=1S/C11H18N2OS/c1-2-9(10-5-4-8-15-10)13-11(14)6-3-7-12/h4-5,8-9H,2-3,6-7,12H2,1H3,(H,13,14). The Balaban J connectivity index is 2.44. The highest BCUT2D eigenvalue weighted by Gasteiger charge is 2.12. The summed E-state index contributed by atoms with van der Waals surface area (Å²) < 4.78 is 0. The van der Waals surface area contributed by atoms with Crippen LogP contribution in [0.25, 0.3) is 0 Å². The van der Waals surface area contributed by atoms with Crippen molar-refractivity contribution in [1.82, 2.24) is 5.32 Å². The second kappa shape index (κ2) is 6.58. The number of thiophene rings is 1. The number of amides is 1. The molecule has 1 heterocycles. The molecule has 0 saturated carbocycles. The molecular formula is C11H18N2OS. The summed E-state index contributed by atoms with van der Waals surface area (Å²) in [6.07, 6.45) is 2.21. The highest BCUT2D eigenvalue weighted by Crippen LogP contribution is 2.21. The predicted molar refractivity (Wildman–Crippen MR) is 63.8 cm³/mol. The Kier molecular flexibility index (Phi) is 5.36. The highest BCUT2D eigenvalue weighted by atomic mass is 32.1. The number of carbonyl (C=O) groups excluding carboxylic acids is 1. The first kappa shape index (κ1) is 12.2. The Hall–Kier alpha value is -0.870. The molecule has 0 bridgehead atoms. The monoisotopic (exact) mass is 226 g/mol. The number of nitrogens with one attached hydrogen (secondary N) is 1. The van der Waals surface area contributed by atoms with E-state index >= 15 is 0 Å². The quantitative estimate of drug-likeness (QED) is 0.780. The maximum absolute atomic E-state index is 11.5. The van der Waals surface area contributed by atoms with Crippen molar-refractivity contribution >= 4 is 17.2 Å². The maximum atomic E-state index is 11.5. The van der Waals surface area contributed by atoms with E-state index < -0.39 is 0 Å². The van der Waals surface area contributed by atoms with Gasteiger partial charge in [-0.15, -0.1) is 11.3 Å². The molecule has 0 saturated heterocycles. The fraction of sp³-hybridized carbons (Fsp3) is 0.545. The third-order valence-electron chi connectivity index (χ3n) is 2.24. The number of hydrogen-bond donors (Lipinski definition) is 2. The lowest BCUT2D eigenvalue weighted by Gasteiger charge is -2.15. The van der Waals surface area contributed by atoms with E-state index in [1.807, 2.05) is 11.4 Å². The van der Waals surface area contributed by atoms with Gasteiger partial charge in [0.25, 0.3) is 0 Å². The van der Waals surface area contributed by atoms with E-state index in [0.717, 1.165) is 12.8 Å². The van der Waals surface area contributed by atoms with Crippen LogP contribution in [0.3, 0.4) is 0 Å². The fourth-order valence-electron chi connectivity index (χ4n) is 1.39. The van der Waals surface area contributed by atoms with E-state index in [4.69, 9.17) is 5.73 Å². The molecule has 3 nitrogen and oxygen atoms in total. The average Bonchev–Trinajstić information content (AvgIpc) is 2.76. The van der Waals surface area contributed by atoms with E-state index in [2.05, 4.69) is 18.3 Å². The van der Waals surface area contributed by atoms with Crippen LogP contribution in [0.5, 0.6) is 0 Å². The molecule has 1 aromatic rings. The lowest BCUT2D eigenvalue weighted by Crippen LogP contribution is -2.27. The van der Waals surface area contributed by atoms with Gasteiger partial charge in [0.1, 0.15) is 0 Å². The van der Waals surface area contributed by atoms with Crippen LogP contribution in [0.1, 0.15) is 37.1 Å². The van der Waals surface area contributed by atoms with Crippen LogP contribution in [-0.4, -0.2) is 12.5 Å². The van der Waals surface area contributed by atoms with Gasteiger partial charge in [0.05, 0.1) is 6.04 Å². The van der Waals surface area contributed by atoms with Gasteiger partial charge in [-0.25, -0.2) is 0 Å². The third-order valence-corrected chi connectivity index (χ3v) is 3.22. The number of hydrogen-bond acceptors (Lipinski definition) is 3. The molecule has 0 aromatic carbocycles. The van der Waals surface area contributed by atoms with Gasteiger partial charge in [-0.2, -0.15) is 0 Å². The Morgan fingerprint density at radius 2 is 2.47 bits per heavy atom. The van der Waals surface area contributed by atoms with Crippen molar-refractivity contribution in [2.24, 2.45) is 5.73 Å². The topological polar surface area (TPSA) is 55.1 Å². The van der Waals surface area contributed by atoms with Gasteiger partial charge in [0, 0.05) is 11.3 Å². The van der Waals surface area contributed by atoms with Crippen LogP contribution in [0.15, 0.2) is 17.5 Å².